The van der Waals surface area contributed by atoms with E-state index in [1.54, 1.807) is 0 Å². The first-order chi connectivity index (χ1) is 8.15. The molecule has 1 aromatic heterocycles. The van der Waals surface area contributed by atoms with E-state index in [2.05, 4.69) is 20.5 Å². The number of benzene rings is 1. The van der Waals surface area contributed by atoms with E-state index in [-0.39, 0.29) is 0 Å². The topological polar surface area (TPSA) is 50.7 Å². The van der Waals surface area contributed by atoms with E-state index < -0.39 is 0 Å². The Morgan fingerprint density at radius 2 is 1.76 bits per heavy atom. The van der Waals surface area contributed by atoms with Crippen LogP contribution in [-0.2, 0) is 6.54 Å². The maximum Gasteiger partial charge on any atom is 0.243 e. The summed E-state index contributed by atoms with van der Waals surface area (Å²) in [4.78, 5) is 4.29. The quantitative estimate of drug-likeness (QED) is 0.908. The van der Waals surface area contributed by atoms with Gasteiger partial charge in [0.2, 0.25) is 5.95 Å². The summed E-state index contributed by atoms with van der Waals surface area (Å²) in [5.41, 5.74) is 2.86. The fraction of sp³-hybridized carbons (Fsp3) is 0.250. The highest BCUT2D eigenvalue weighted by molar-refractivity contribution is 6.30. The van der Waals surface area contributed by atoms with Crippen molar-refractivity contribution < 1.29 is 0 Å². The van der Waals surface area contributed by atoms with Crippen molar-refractivity contribution in [3.8, 4) is 0 Å². The van der Waals surface area contributed by atoms with Gasteiger partial charge in [0.15, 0.2) is 0 Å². The van der Waals surface area contributed by atoms with Gasteiger partial charge in [0.1, 0.15) is 0 Å². The second-order valence-corrected chi connectivity index (χ2v) is 4.22. The minimum atomic E-state index is 0.544. The SMILES string of the molecule is Cc1nnc(NCc2ccc(Cl)cc2)nc1C. The summed E-state index contributed by atoms with van der Waals surface area (Å²) in [5.74, 6) is 0.544. The Hall–Kier alpha value is -1.68. The van der Waals surface area contributed by atoms with E-state index in [1.807, 2.05) is 38.1 Å². The molecule has 4 nitrogen and oxygen atoms in total. The van der Waals surface area contributed by atoms with Gasteiger partial charge >= 0.3 is 0 Å². The largest absolute Gasteiger partial charge is 0.349 e. The first kappa shape index (κ1) is 11.8. The zero-order valence-corrected chi connectivity index (χ0v) is 10.5. The summed E-state index contributed by atoms with van der Waals surface area (Å²) in [6, 6.07) is 7.64. The molecule has 17 heavy (non-hydrogen) atoms. The molecule has 0 atom stereocenters. The van der Waals surface area contributed by atoms with Gasteiger partial charge in [0, 0.05) is 11.6 Å². The summed E-state index contributed by atoms with van der Waals surface area (Å²) in [6.07, 6.45) is 0. The Balaban J connectivity index is 2.02. The zero-order chi connectivity index (χ0) is 12.3. The van der Waals surface area contributed by atoms with Crippen molar-refractivity contribution in [1.29, 1.82) is 0 Å². The van der Waals surface area contributed by atoms with E-state index in [1.165, 1.54) is 0 Å². The van der Waals surface area contributed by atoms with Crippen molar-refractivity contribution in [2.24, 2.45) is 0 Å². The maximum absolute atomic E-state index is 5.81. The van der Waals surface area contributed by atoms with E-state index in [4.69, 9.17) is 11.6 Å². The van der Waals surface area contributed by atoms with E-state index >= 15 is 0 Å². The van der Waals surface area contributed by atoms with Crippen LogP contribution >= 0.6 is 11.6 Å². The zero-order valence-electron chi connectivity index (χ0n) is 9.74. The Labute approximate surface area is 105 Å². The van der Waals surface area contributed by atoms with Gasteiger partial charge in [-0.3, -0.25) is 0 Å². The van der Waals surface area contributed by atoms with Crippen molar-refractivity contribution >= 4 is 17.5 Å². The highest BCUT2D eigenvalue weighted by Gasteiger charge is 2.01. The predicted molar refractivity (Wildman–Crippen MR) is 68.1 cm³/mol. The highest BCUT2D eigenvalue weighted by atomic mass is 35.5. The molecule has 88 valence electrons. The third-order valence-corrected chi connectivity index (χ3v) is 2.71. The molecule has 1 N–H and O–H groups in total. The summed E-state index contributed by atoms with van der Waals surface area (Å²) < 4.78 is 0. The molecular weight excluding hydrogens is 236 g/mol. The van der Waals surface area contributed by atoms with Gasteiger partial charge in [-0.25, -0.2) is 4.98 Å². The average molecular weight is 249 g/mol. The van der Waals surface area contributed by atoms with Gasteiger partial charge in [-0.2, -0.15) is 5.10 Å². The fourth-order valence-corrected chi connectivity index (χ4v) is 1.44. The molecule has 0 spiro atoms. The number of nitrogens with one attached hydrogen (secondary N) is 1. The monoisotopic (exact) mass is 248 g/mol. The molecule has 0 saturated heterocycles. The smallest absolute Gasteiger partial charge is 0.243 e. The van der Waals surface area contributed by atoms with Crippen LogP contribution in [0.5, 0.6) is 0 Å². The normalized spacial score (nSPS) is 10.3. The molecule has 0 aliphatic carbocycles. The van der Waals surface area contributed by atoms with E-state index in [0.717, 1.165) is 22.0 Å². The molecule has 1 aromatic carbocycles. The second-order valence-electron chi connectivity index (χ2n) is 3.79. The Bertz CT molecular complexity index is 510. The molecule has 0 saturated carbocycles. The Kier molecular flexibility index (Phi) is 3.54. The van der Waals surface area contributed by atoms with Crippen LogP contribution in [0.2, 0.25) is 5.02 Å². The van der Waals surface area contributed by atoms with Crippen molar-refractivity contribution in [2.45, 2.75) is 20.4 Å². The van der Waals surface area contributed by atoms with Crippen molar-refractivity contribution in [1.82, 2.24) is 15.2 Å². The lowest BCUT2D eigenvalue weighted by Crippen LogP contribution is -2.06. The summed E-state index contributed by atoms with van der Waals surface area (Å²) in [7, 11) is 0. The molecule has 1 heterocycles. The minimum absolute atomic E-state index is 0.544. The summed E-state index contributed by atoms with van der Waals surface area (Å²) in [5, 5.41) is 11.8. The van der Waals surface area contributed by atoms with Crippen molar-refractivity contribution in [3.63, 3.8) is 0 Å². The standard InChI is InChI=1S/C12H13ClN4/c1-8-9(2)16-17-12(15-8)14-7-10-3-5-11(13)6-4-10/h3-6H,7H2,1-2H3,(H,14,15,17). The van der Waals surface area contributed by atoms with E-state index in [9.17, 15) is 0 Å². The third-order valence-electron chi connectivity index (χ3n) is 2.46. The van der Waals surface area contributed by atoms with E-state index in [0.29, 0.717) is 12.5 Å². The van der Waals surface area contributed by atoms with Gasteiger partial charge in [-0.1, -0.05) is 23.7 Å². The van der Waals surface area contributed by atoms with Crippen LogP contribution in [0.3, 0.4) is 0 Å². The van der Waals surface area contributed by atoms with Crippen molar-refractivity contribution in [3.05, 3.63) is 46.2 Å². The molecule has 2 rings (SSSR count). The number of aryl methyl sites for hydroxylation is 2. The number of anilines is 1. The number of halogens is 1. The minimum Gasteiger partial charge on any atom is -0.349 e. The van der Waals surface area contributed by atoms with Gasteiger partial charge in [0.05, 0.1) is 11.4 Å². The first-order valence-electron chi connectivity index (χ1n) is 5.31. The maximum atomic E-state index is 5.81. The predicted octanol–water partition coefficient (Wildman–Crippen LogP) is 2.75. The van der Waals surface area contributed by atoms with Crippen LogP contribution in [0, 0.1) is 13.8 Å². The molecule has 0 aliphatic rings. The molecular formula is C12H13ClN4. The molecule has 0 aliphatic heterocycles. The summed E-state index contributed by atoms with van der Waals surface area (Å²) >= 11 is 5.81. The molecule has 0 unspecified atom stereocenters. The van der Waals surface area contributed by atoms with Crippen molar-refractivity contribution in [2.75, 3.05) is 5.32 Å². The molecule has 5 heteroatoms. The molecule has 0 fully saturated rings. The lowest BCUT2D eigenvalue weighted by Gasteiger charge is -2.05. The lowest BCUT2D eigenvalue weighted by molar-refractivity contribution is 0.885. The molecule has 0 radical (unpaired) electrons. The number of hydrogen-bond donors (Lipinski definition) is 1. The number of aromatic nitrogens is 3. The number of rotatable bonds is 3. The number of hydrogen-bond acceptors (Lipinski definition) is 4. The van der Waals surface area contributed by atoms with Crippen LogP contribution in [0.4, 0.5) is 5.95 Å². The molecule has 0 bridgehead atoms. The van der Waals surface area contributed by atoms with Crippen LogP contribution in [0.15, 0.2) is 24.3 Å². The van der Waals surface area contributed by atoms with Crippen LogP contribution in [0.25, 0.3) is 0 Å². The molecule has 0 amide bonds. The highest BCUT2D eigenvalue weighted by Crippen LogP contribution is 2.10. The van der Waals surface area contributed by atoms with Crippen LogP contribution in [-0.4, -0.2) is 15.2 Å². The number of nitrogens with zero attached hydrogens (tertiary/aromatic N) is 3. The van der Waals surface area contributed by atoms with Crippen LogP contribution < -0.4 is 5.32 Å². The Morgan fingerprint density at radius 1 is 1.06 bits per heavy atom. The van der Waals surface area contributed by atoms with Gasteiger partial charge < -0.3 is 5.32 Å². The first-order valence-corrected chi connectivity index (χ1v) is 5.69. The average Bonchev–Trinajstić information content (AvgIpc) is 2.33. The van der Waals surface area contributed by atoms with Gasteiger partial charge in [-0.15, -0.1) is 5.10 Å². The third kappa shape index (κ3) is 3.14. The van der Waals surface area contributed by atoms with Gasteiger partial charge in [-0.05, 0) is 31.5 Å². The summed E-state index contributed by atoms with van der Waals surface area (Å²) in [6.45, 7) is 4.46. The van der Waals surface area contributed by atoms with Crippen LogP contribution in [0.1, 0.15) is 17.0 Å². The second kappa shape index (κ2) is 5.10. The van der Waals surface area contributed by atoms with Gasteiger partial charge in [0.25, 0.3) is 0 Å². The fourth-order valence-electron chi connectivity index (χ4n) is 1.32. The lowest BCUT2D eigenvalue weighted by atomic mass is 10.2. The molecule has 2 aromatic rings. The Morgan fingerprint density at radius 3 is 2.41 bits per heavy atom.